The third-order valence-corrected chi connectivity index (χ3v) is 5.26. The van der Waals surface area contributed by atoms with Crippen molar-refractivity contribution in [3.63, 3.8) is 0 Å². The summed E-state index contributed by atoms with van der Waals surface area (Å²) in [5, 5.41) is 7.50. The highest BCUT2D eigenvalue weighted by Crippen LogP contribution is 2.38. The van der Waals surface area contributed by atoms with E-state index in [1.807, 2.05) is 31.3 Å². The minimum absolute atomic E-state index is 0.108. The van der Waals surface area contributed by atoms with E-state index in [0.717, 1.165) is 35.5 Å². The molecule has 3 heterocycles. The summed E-state index contributed by atoms with van der Waals surface area (Å²) in [5.41, 5.74) is 3.33. The molecule has 4 rings (SSSR count). The lowest BCUT2D eigenvalue weighted by Crippen LogP contribution is -2.33. The molecule has 0 unspecified atom stereocenters. The van der Waals surface area contributed by atoms with E-state index in [0.29, 0.717) is 18.8 Å². The molecule has 1 amide bonds. The molecule has 2 aliphatic rings. The number of rotatable bonds is 5. The van der Waals surface area contributed by atoms with E-state index in [9.17, 15) is 4.79 Å². The average Bonchev–Trinajstić information content (AvgIpc) is 3.03. The zero-order valence-electron chi connectivity index (χ0n) is 15.3. The van der Waals surface area contributed by atoms with E-state index in [1.165, 1.54) is 32.4 Å². The Bertz CT molecular complexity index is 793. The first-order chi connectivity index (χ1) is 12.7. The van der Waals surface area contributed by atoms with Gasteiger partial charge in [0.15, 0.2) is 5.69 Å². The average molecular weight is 354 g/mol. The summed E-state index contributed by atoms with van der Waals surface area (Å²) in [6.07, 6.45) is 4.92. The maximum Gasteiger partial charge on any atom is 0.272 e. The molecule has 0 saturated carbocycles. The van der Waals surface area contributed by atoms with E-state index in [1.54, 1.807) is 4.68 Å². The predicted molar refractivity (Wildman–Crippen MR) is 100 cm³/mol. The number of hydrogen-bond donors (Lipinski definition) is 1. The van der Waals surface area contributed by atoms with Gasteiger partial charge in [0.2, 0.25) is 0 Å². The van der Waals surface area contributed by atoms with Gasteiger partial charge >= 0.3 is 0 Å². The molecule has 138 valence electrons. The van der Waals surface area contributed by atoms with Gasteiger partial charge in [-0.15, -0.1) is 0 Å². The van der Waals surface area contributed by atoms with Crippen molar-refractivity contribution >= 4 is 5.91 Å². The van der Waals surface area contributed by atoms with E-state index in [-0.39, 0.29) is 5.91 Å². The number of ether oxygens (including phenoxy) is 1. The number of amides is 1. The first kappa shape index (κ1) is 17.1. The molecule has 0 atom stereocenters. The molecule has 2 aromatic rings. The molecule has 2 aliphatic heterocycles. The Balaban J connectivity index is 1.40. The molecular weight excluding hydrogens is 328 g/mol. The second kappa shape index (κ2) is 7.50. The van der Waals surface area contributed by atoms with Crippen LogP contribution in [0.2, 0.25) is 0 Å². The van der Waals surface area contributed by atoms with Gasteiger partial charge < -0.3 is 15.0 Å². The lowest BCUT2D eigenvalue weighted by atomic mass is 10.0. The van der Waals surface area contributed by atoms with Crippen molar-refractivity contribution in [3.05, 3.63) is 35.5 Å². The normalized spacial score (nSPS) is 16.5. The number of carbonyl (C=O) groups is 1. The number of piperidine rings is 1. The van der Waals surface area contributed by atoms with Crippen LogP contribution >= 0.6 is 0 Å². The molecule has 6 heteroatoms. The van der Waals surface area contributed by atoms with Gasteiger partial charge in [-0.2, -0.15) is 5.10 Å². The van der Waals surface area contributed by atoms with Gasteiger partial charge in [0.1, 0.15) is 12.4 Å². The van der Waals surface area contributed by atoms with Gasteiger partial charge in [0, 0.05) is 24.7 Å². The zero-order chi connectivity index (χ0) is 17.9. The Hall–Kier alpha value is -2.34. The van der Waals surface area contributed by atoms with Gasteiger partial charge in [0.05, 0.1) is 5.69 Å². The van der Waals surface area contributed by atoms with Crippen LogP contribution in [0.4, 0.5) is 0 Å². The molecule has 1 fully saturated rings. The number of aryl methyl sites for hydroxylation is 1. The molecule has 1 N–H and O–H groups in total. The Morgan fingerprint density at radius 2 is 2.04 bits per heavy atom. The standard InChI is InChI=1S/C20H26N4O2/c1-23-19-15-8-3-4-9-17(15)26-14-16(19)18(22-23)20(25)21-10-7-13-24-11-5-2-6-12-24/h3-4,8-9H,2,5-7,10-14H2,1H3,(H,21,25). The van der Waals surface area contributed by atoms with Crippen LogP contribution in [-0.2, 0) is 13.7 Å². The summed E-state index contributed by atoms with van der Waals surface area (Å²) >= 11 is 0. The fraction of sp³-hybridized carbons (Fsp3) is 0.500. The minimum Gasteiger partial charge on any atom is -0.488 e. The summed E-state index contributed by atoms with van der Waals surface area (Å²) in [4.78, 5) is 15.1. The third-order valence-electron chi connectivity index (χ3n) is 5.26. The van der Waals surface area contributed by atoms with Gasteiger partial charge in [-0.1, -0.05) is 18.6 Å². The van der Waals surface area contributed by atoms with Crippen LogP contribution < -0.4 is 10.1 Å². The number of benzene rings is 1. The lowest BCUT2D eigenvalue weighted by Gasteiger charge is -2.26. The SMILES string of the molecule is Cn1nc(C(=O)NCCCN2CCCCC2)c2c1-c1ccccc1OC2. The monoisotopic (exact) mass is 354 g/mol. The smallest absolute Gasteiger partial charge is 0.272 e. The number of likely N-dealkylation sites (tertiary alicyclic amines) is 1. The summed E-state index contributed by atoms with van der Waals surface area (Å²) < 4.78 is 7.61. The molecule has 0 aliphatic carbocycles. The van der Waals surface area contributed by atoms with Crippen LogP contribution in [0.5, 0.6) is 5.75 Å². The van der Waals surface area contributed by atoms with Gasteiger partial charge in [-0.3, -0.25) is 9.48 Å². The molecule has 1 aromatic heterocycles. The number of fused-ring (bicyclic) bond motifs is 3. The molecule has 0 spiro atoms. The molecule has 0 bridgehead atoms. The number of carbonyl (C=O) groups excluding carboxylic acids is 1. The van der Waals surface area contributed by atoms with Crippen LogP contribution in [0.3, 0.4) is 0 Å². The van der Waals surface area contributed by atoms with Crippen LogP contribution in [0, 0.1) is 0 Å². The Kier molecular flexibility index (Phi) is 4.93. The Morgan fingerprint density at radius 3 is 2.88 bits per heavy atom. The van der Waals surface area contributed by atoms with E-state index < -0.39 is 0 Å². The quantitative estimate of drug-likeness (QED) is 0.839. The van der Waals surface area contributed by atoms with Crippen molar-refractivity contribution in [2.24, 2.45) is 7.05 Å². The third kappa shape index (κ3) is 3.33. The molecular formula is C20H26N4O2. The van der Waals surface area contributed by atoms with E-state index in [2.05, 4.69) is 15.3 Å². The number of hydrogen-bond acceptors (Lipinski definition) is 4. The van der Waals surface area contributed by atoms with Crippen molar-refractivity contribution in [1.29, 1.82) is 0 Å². The fourth-order valence-corrected chi connectivity index (χ4v) is 3.93. The molecule has 6 nitrogen and oxygen atoms in total. The lowest BCUT2D eigenvalue weighted by molar-refractivity contribution is 0.0943. The summed E-state index contributed by atoms with van der Waals surface area (Å²) in [6, 6.07) is 7.89. The topological polar surface area (TPSA) is 59.4 Å². The fourth-order valence-electron chi connectivity index (χ4n) is 3.93. The minimum atomic E-state index is -0.108. The molecule has 1 saturated heterocycles. The van der Waals surface area contributed by atoms with Crippen molar-refractivity contribution < 1.29 is 9.53 Å². The summed E-state index contributed by atoms with van der Waals surface area (Å²) in [5.74, 6) is 0.736. The maximum absolute atomic E-state index is 12.6. The Morgan fingerprint density at radius 1 is 1.23 bits per heavy atom. The maximum atomic E-state index is 12.6. The van der Waals surface area contributed by atoms with Crippen LogP contribution in [0.1, 0.15) is 41.7 Å². The highest BCUT2D eigenvalue weighted by atomic mass is 16.5. The summed E-state index contributed by atoms with van der Waals surface area (Å²) in [7, 11) is 1.88. The van der Waals surface area contributed by atoms with Gasteiger partial charge in [-0.25, -0.2) is 0 Å². The first-order valence-electron chi connectivity index (χ1n) is 9.52. The predicted octanol–water partition coefficient (Wildman–Crippen LogP) is 2.59. The van der Waals surface area contributed by atoms with Crippen molar-refractivity contribution in [2.45, 2.75) is 32.3 Å². The number of aromatic nitrogens is 2. The summed E-state index contributed by atoms with van der Waals surface area (Å²) in [6.45, 7) is 4.50. The largest absolute Gasteiger partial charge is 0.488 e. The van der Waals surface area contributed by atoms with Crippen molar-refractivity contribution in [3.8, 4) is 17.0 Å². The van der Waals surface area contributed by atoms with Crippen molar-refractivity contribution in [2.75, 3.05) is 26.2 Å². The zero-order valence-corrected chi connectivity index (χ0v) is 15.3. The van der Waals surface area contributed by atoms with Crippen molar-refractivity contribution in [1.82, 2.24) is 20.0 Å². The van der Waals surface area contributed by atoms with E-state index >= 15 is 0 Å². The molecule has 0 radical (unpaired) electrons. The second-order valence-corrected chi connectivity index (χ2v) is 7.10. The number of para-hydroxylation sites is 1. The van der Waals surface area contributed by atoms with Crippen LogP contribution in [0.25, 0.3) is 11.3 Å². The first-order valence-corrected chi connectivity index (χ1v) is 9.52. The number of nitrogens with one attached hydrogen (secondary N) is 1. The number of nitrogens with zero attached hydrogens (tertiary/aromatic N) is 3. The van der Waals surface area contributed by atoms with Crippen LogP contribution in [-0.4, -0.2) is 46.8 Å². The second-order valence-electron chi connectivity index (χ2n) is 7.10. The van der Waals surface area contributed by atoms with E-state index in [4.69, 9.17) is 4.74 Å². The molecule has 26 heavy (non-hydrogen) atoms. The van der Waals surface area contributed by atoms with Gasteiger partial charge in [-0.05, 0) is 51.0 Å². The van der Waals surface area contributed by atoms with Crippen LogP contribution in [0.15, 0.2) is 24.3 Å². The highest BCUT2D eigenvalue weighted by Gasteiger charge is 2.27. The Labute approximate surface area is 154 Å². The molecule has 1 aromatic carbocycles. The highest BCUT2D eigenvalue weighted by molar-refractivity contribution is 5.96. The van der Waals surface area contributed by atoms with Gasteiger partial charge in [0.25, 0.3) is 5.91 Å².